The van der Waals surface area contributed by atoms with Gasteiger partial charge in [-0.1, -0.05) is 50.3 Å². The fourth-order valence-electron chi connectivity index (χ4n) is 10.7. The van der Waals surface area contributed by atoms with Crippen LogP contribution in [0.15, 0.2) is 0 Å². The van der Waals surface area contributed by atoms with Crippen molar-refractivity contribution in [3.8, 4) is 0 Å². The second-order valence-electron chi connectivity index (χ2n) is 13.8. The minimum Gasteiger partial charge on any atom is -0.463 e. The number of ether oxygens (including phenoxy) is 3. The minimum atomic E-state index is -0.355. The van der Waals surface area contributed by atoms with Gasteiger partial charge < -0.3 is 14.2 Å². The summed E-state index contributed by atoms with van der Waals surface area (Å²) in [5.74, 6) is 4.46. The molecule has 0 radical (unpaired) electrons. The van der Waals surface area contributed by atoms with E-state index < -0.39 is 0 Å². The first-order chi connectivity index (χ1) is 16.1. The molecule has 192 valence electrons. The van der Waals surface area contributed by atoms with Crippen LogP contribution in [0.4, 0.5) is 0 Å². The highest BCUT2D eigenvalue weighted by molar-refractivity contribution is 14.1. The van der Waals surface area contributed by atoms with Gasteiger partial charge in [0.05, 0.1) is 16.6 Å². The van der Waals surface area contributed by atoms with Crippen molar-refractivity contribution in [2.45, 2.75) is 114 Å². The first-order valence-electron chi connectivity index (χ1n) is 14.2. The van der Waals surface area contributed by atoms with Crippen LogP contribution in [0.3, 0.4) is 0 Å². The van der Waals surface area contributed by atoms with E-state index in [0.717, 1.165) is 37.2 Å². The van der Waals surface area contributed by atoms with Gasteiger partial charge in [0.2, 0.25) is 0 Å². The molecule has 0 unspecified atom stereocenters. The molecule has 2 aliphatic heterocycles. The van der Waals surface area contributed by atoms with Gasteiger partial charge in [-0.2, -0.15) is 0 Å². The average Bonchev–Trinajstić information content (AvgIpc) is 3.22. The van der Waals surface area contributed by atoms with Crippen molar-refractivity contribution in [1.82, 2.24) is 0 Å². The third-order valence-corrected chi connectivity index (χ3v) is 13.6. The monoisotopic (exact) mass is 584 g/mol. The van der Waals surface area contributed by atoms with Gasteiger partial charge in [0, 0.05) is 12.8 Å². The van der Waals surface area contributed by atoms with Crippen LogP contribution < -0.4 is 0 Å². The fraction of sp³-hybridized carbons (Fsp3) is 0.966. The second-order valence-corrected chi connectivity index (χ2v) is 15.3. The van der Waals surface area contributed by atoms with Gasteiger partial charge in [-0.05, 0) is 104 Å². The van der Waals surface area contributed by atoms with Crippen LogP contribution >= 0.6 is 22.6 Å². The molecule has 0 amide bonds. The number of hydrogen-bond donors (Lipinski definition) is 0. The Hall–Kier alpha value is 0.120. The van der Waals surface area contributed by atoms with Crippen LogP contribution in [0.1, 0.15) is 92.4 Å². The molecule has 2 heterocycles. The highest BCUT2D eigenvalue weighted by Gasteiger charge is 2.70. The van der Waals surface area contributed by atoms with E-state index in [9.17, 15) is 4.79 Å². The van der Waals surface area contributed by atoms with Crippen LogP contribution in [0.5, 0.6) is 0 Å². The summed E-state index contributed by atoms with van der Waals surface area (Å²) >= 11 is 2.63. The third kappa shape index (κ3) is 3.37. The molecular formula is C29H45IO4. The van der Waals surface area contributed by atoms with Gasteiger partial charge in [0.15, 0.2) is 5.79 Å². The fourth-order valence-corrected chi connectivity index (χ4v) is 12.4. The zero-order valence-corrected chi connectivity index (χ0v) is 24.0. The number of carbonyl (C=O) groups excluding carboxylic acids is 1. The largest absolute Gasteiger partial charge is 0.463 e. The molecule has 0 aromatic carbocycles. The van der Waals surface area contributed by atoms with Crippen molar-refractivity contribution in [3.63, 3.8) is 0 Å². The Morgan fingerprint density at radius 1 is 0.971 bits per heavy atom. The molecule has 34 heavy (non-hydrogen) atoms. The van der Waals surface area contributed by atoms with Crippen LogP contribution in [-0.2, 0) is 19.0 Å². The number of carbonyl (C=O) groups is 1. The number of esters is 1. The van der Waals surface area contributed by atoms with Crippen molar-refractivity contribution in [2.24, 2.45) is 52.3 Å². The molecule has 4 aliphatic carbocycles. The standard InChI is InChI=1S/C29H45IO4/c1-16-12-25(30)29(32-15-16)17(2)26-24(34-29)14-23-21-7-6-19-13-20(33-18(3)31)8-10-27(19,4)22(21)9-11-28(23,26)5/h16-17,19-26H,6-15H2,1-5H3/t16-,17-,19-,20-,21+,22-,23-,24-,25-,26-,27-,28-,29-/m0/s1. The quantitative estimate of drug-likeness (QED) is 0.194. The zero-order chi connectivity index (χ0) is 24.0. The van der Waals surface area contributed by atoms with Gasteiger partial charge in [0.25, 0.3) is 0 Å². The van der Waals surface area contributed by atoms with E-state index in [1.165, 1.54) is 44.9 Å². The summed E-state index contributed by atoms with van der Waals surface area (Å²) in [4.78, 5) is 11.6. The first kappa shape index (κ1) is 24.5. The summed E-state index contributed by atoms with van der Waals surface area (Å²) < 4.78 is 19.7. The Morgan fingerprint density at radius 2 is 1.74 bits per heavy atom. The Labute approximate surface area is 220 Å². The molecule has 2 saturated heterocycles. The van der Waals surface area contributed by atoms with Gasteiger partial charge in [-0.3, -0.25) is 4.79 Å². The topological polar surface area (TPSA) is 44.8 Å². The molecule has 0 aromatic rings. The van der Waals surface area contributed by atoms with E-state index in [0.29, 0.717) is 44.5 Å². The van der Waals surface area contributed by atoms with Crippen LogP contribution in [0.25, 0.3) is 0 Å². The van der Waals surface area contributed by atoms with Crippen molar-refractivity contribution in [2.75, 3.05) is 6.61 Å². The number of fused-ring (bicyclic) bond motifs is 7. The second kappa shape index (κ2) is 8.31. The van der Waals surface area contributed by atoms with Crippen LogP contribution in [0, 0.1) is 52.3 Å². The molecule has 13 atom stereocenters. The first-order valence-corrected chi connectivity index (χ1v) is 15.5. The smallest absolute Gasteiger partial charge is 0.302 e. The van der Waals surface area contributed by atoms with Crippen molar-refractivity contribution in [3.05, 3.63) is 0 Å². The van der Waals surface area contributed by atoms with Crippen LogP contribution in [-0.4, -0.2) is 34.5 Å². The maximum Gasteiger partial charge on any atom is 0.302 e. The van der Waals surface area contributed by atoms with Crippen LogP contribution in [0.2, 0.25) is 0 Å². The number of hydrogen-bond acceptors (Lipinski definition) is 4. The Balaban J connectivity index is 1.22. The van der Waals surface area contributed by atoms with Crippen molar-refractivity contribution in [1.29, 1.82) is 0 Å². The molecule has 0 aromatic heterocycles. The van der Waals surface area contributed by atoms with E-state index >= 15 is 0 Å². The van der Waals surface area contributed by atoms with E-state index in [4.69, 9.17) is 14.2 Å². The van der Waals surface area contributed by atoms with Gasteiger partial charge in [-0.25, -0.2) is 0 Å². The summed E-state index contributed by atoms with van der Waals surface area (Å²) in [5.41, 5.74) is 0.803. The molecule has 0 bridgehead atoms. The number of alkyl halides is 1. The molecule has 0 N–H and O–H groups in total. The maximum absolute atomic E-state index is 11.6. The van der Waals surface area contributed by atoms with E-state index in [-0.39, 0.29) is 17.9 Å². The molecule has 6 rings (SSSR count). The Morgan fingerprint density at radius 3 is 2.47 bits per heavy atom. The lowest BCUT2D eigenvalue weighted by Crippen LogP contribution is -2.56. The van der Waals surface area contributed by atoms with E-state index in [1.807, 2.05) is 0 Å². The predicted molar refractivity (Wildman–Crippen MR) is 140 cm³/mol. The summed E-state index contributed by atoms with van der Waals surface area (Å²) in [7, 11) is 0. The molecular weight excluding hydrogens is 539 g/mol. The molecule has 6 fully saturated rings. The summed E-state index contributed by atoms with van der Waals surface area (Å²) in [6, 6.07) is 0. The highest BCUT2D eigenvalue weighted by atomic mass is 127. The molecule has 5 heteroatoms. The maximum atomic E-state index is 11.6. The molecule has 6 aliphatic rings. The predicted octanol–water partition coefficient (Wildman–Crippen LogP) is 6.78. The van der Waals surface area contributed by atoms with Gasteiger partial charge >= 0.3 is 5.97 Å². The van der Waals surface area contributed by atoms with E-state index in [2.05, 4.69) is 50.3 Å². The summed E-state index contributed by atoms with van der Waals surface area (Å²) in [5, 5.41) is 0. The molecule has 4 nitrogen and oxygen atoms in total. The van der Waals surface area contributed by atoms with E-state index in [1.54, 1.807) is 6.92 Å². The lowest BCUT2D eigenvalue weighted by molar-refractivity contribution is -0.265. The van der Waals surface area contributed by atoms with Crippen molar-refractivity contribution >= 4 is 28.6 Å². The summed E-state index contributed by atoms with van der Waals surface area (Å²) in [6.07, 6.45) is 11.7. The number of rotatable bonds is 1. The Bertz CT molecular complexity index is 833. The molecule has 4 saturated carbocycles. The van der Waals surface area contributed by atoms with Gasteiger partial charge in [-0.15, -0.1) is 0 Å². The average molecular weight is 585 g/mol. The Kier molecular flexibility index (Phi) is 5.98. The SMILES string of the molecule is CC(=O)O[C@H]1CC[C@@]2(C)[C@@H](CC[C@@H]3[C@@H]2CC[C@]2(C)[C@@H]4[C@H](C[C@@H]32)O[C@@]2(OC[C@@H](C)C[C@@H]2I)[C@H]4C)C1. The lowest BCUT2D eigenvalue weighted by atomic mass is 9.44. The highest BCUT2D eigenvalue weighted by Crippen LogP contribution is 2.71. The zero-order valence-electron chi connectivity index (χ0n) is 21.9. The van der Waals surface area contributed by atoms with Crippen molar-refractivity contribution < 1.29 is 19.0 Å². The van der Waals surface area contributed by atoms with Gasteiger partial charge in [0.1, 0.15) is 6.10 Å². The lowest BCUT2D eigenvalue weighted by Gasteiger charge is -2.61. The number of halogens is 1. The minimum absolute atomic E-state index is 0.106. The third-order valence-electron chi connectivity index (χ3n) is 12.2. The summed E-state index contributed by atoms with van der Waals surface area (Å²) in [6.45, 7) is 12.4. The molecule has 1 spiro atoms. The normalized spacial score (nSPS) is 58.5.